The number of rotatable bonds is 3. The summed E-state index contributed by atoms with van der Waals surface area (Å²) in [5.41, 5.74) is 0. The Balaban J connectivity index is 1.70. The number of hydrogen-bond donors (Lipinski definition) is 0. The van der Waals surface area contributed by atoms with Gasteiger partial charge in [0.05, 0.1) is 0 Å². The van der Waals surface area contributed by atoms with Crippen molar-refractivity contribution in [3.05, 3.63) is 0 Å². The van der Waals surface area contributed by atoms with E-state index in [9.17, 15) is 4.39 Å². The Labute approximate surface area is 105 Å². The van der Waals surface area contributed by atoms with Gasteiger partial charge in [-0.1, -0.05) is 0 Å². The maximum Gasteiger partial charge on any atom is 0.113 e. The van der Waals surface area contributed by atoms with Crippen LogP contribution in [0.4, 0.5) is 4.39 Å². The van der Waals surface area contributed by atoms with E-state index in [0.29, 0.717) is 12.6 Å². The molecule has 0 radical (unpaired) electrons. The van der Waals surface area contributed by atoms with Crippen molar-refractivity contribution < 1.29 is 4.39 Å². The number of hydrogen-bond acceptors (Lipinski definition) is 2. The standard InChI is InChI=1S/C14H27FN2/c1-12(2)17-8-5-13(6-9-17)10-16-7-3-4-14(15)11-16/h12-14H,3-11H2,1-2H3. The fourth-order valence-electron chi connectivity index (χ4n) is 3.18. The van der Waals surface area contributed by atoms with Gasteiger partial charge in [0.15, 0.2) is 0 Å². The van der Waals surface area contributed by atoms with Gasteiger partial charge in [-0.3, -0.25) is 0 Å². The average Bonchev–Trinajstić information content (AvgIpc) is 2.29. The van der Waals surface area contributed by atoms with Crippen LogP contribution in [0.1, 0.15) is 39.5 Å². The summed E-state index contributed by atoms with van der Waals surface area (Å²) in [4.78, 5) is 4.91. The van der Waals surface area contributed by atoms with Gasteiger partial charge < -0.3 is 9.80 Å². The molecular formula is C14H27FN2. The second-order valence-corrected chi connectivity index (χ2v) is 6.07. The highest BCUT2D eigenvalue weighted by Gasteiger charge is 2.25. The molecule has 0 aromatic carbocycles. The molecule has 0 aromatic rings. The van der Waals surface area contributed by atoms with Gasteiger partial charge in [-0.2, -0.15) is 0 Å². The zero-order valence-corrected chi connectivity index (χ0v) is 11.4. The molecule has 0 amide bonds. The number of piperidine rings is 2. The molecule has 0 aromatic heterocycles. The van der Waals surface area contributed by atoms with Crippen LogP contribution in [-0.2, 0) is 0 Å². The molecule has 100 valence electrons. The van der Waals surface area contributed by atoms with Gasteiger partial charge in [-0.25, -0.2) is 4.39 Å². The Kier molecular flexibility index (Phi) is 4.80. The van der Waals surface area contributed by atoms with Gasteiger partial charge >= 0.3 is 0 Å². The van der Waals surface area contributed by atoms with E-state index in [1.54, 1.807) is 0 Å². The lowest BCUT2D eigenvalue weighted by Gasteiger charge is -2.38. The van der Waals surface area contributed by atoms with Gasteiger partial charge in [0, 0.05) is 19.1 Å². The van der Waals surface area contributed by atoms with Crippen LogP contribution in [0, 0.1) is 5.92 Å². The van der Waals surface area contributed by atoms with E-state index < -0.39 is 6.17 Å². The molecule has 0 N–H and O–H groups in total. The quantitative estimate of drug-likeness (QED) is 0.750. The highest BCUT2D eigenvalue weighted by atomic mass is 19.1. The van der Waals surface area contributed by atoms with E-state index in [2.05, 4.69) is 23.6 Å². The molecule has 2 saturated heterocycles. The molecular weight excluding hydrogens is 215 g/mol. The summed E-state index contributed by atoms with van der Waals surface area (Å²) in [7, 11) is 0. The van der Waals surface area contributed by atoms with E-state index >= 15 is 0 Å². The van der Waals surface area contributed by atoms with Crippen LogP contribution in [0.3, 0.4) is 0 Å². The lowest BCUT2D eigenvalue weighted by Crippen LogP contribution is -2.44. The molecule has 0 saturated carbocycles. The first-order chi connectivity index (χ1) is 8.15. The van der Waals surface area contributed by atoms with E-state index in [4.69, 9.17) is 0 Å². The molecule has 3 heteroatoms. The Morgan fingerprint density at radius 3 is 2.41 bits per heavy atom. The third-order valence-electron chi connectivity index (χ3n) is 4.34. The van der Waals surface area contributed by atoms with Crippen molar-refractivity contribution >= 4 is 0 Å². The second kappa shape index (κ2) is 6.14. The number of likely N-dealkylation sites (tertiary alicyclic amines) is 2. The maximum atomic E-state index is 13.3. The highest BCUT2D eigenvalue weighted by Crippen LogP contribution is 2.22. The topological polar surface area (TPSA) is 6.48 Å². The largest absolute Gasteiger partial charge is 0.301 e. The first kappa shape index (κ1) is 13.3. The van der Waals surface area contributed by atoms with E-state index in [1.807, 2.05) is 0 Å². The van der Waals surface area contributed by atoms with E-state index in [-0.39, 0.29) is 0 Å². The normalized spacial score (nSPS) is 30.0. The summed E-state index contributed by atoms with van der Waals surface area (Å²) in [6.45, 7) is 9.95. The Hall–Kier alpha value is -0.150. The number of halogens is 1. The Morgan fingerprint density at radius 2 is 1.82 bits per heavy atom. The van der Waals surface area contributed by atoms with Crippen molar-refractivity contribution in [1.29, 1.82) is 0 Å². The van der Waals surface area contributed by atoms with Crippen molar-refractivity contribution in [2.75, 3.05) is 32.7 Å². The molecule has 2 fully saturated rings. The SMILES string of the molecule is CC(C)N1CCC(CN2CCCC(F)C2)CC1. The molecule has 2 nitrogen and oxygen atoms in total. The summed E-state index contributed by atoms with van der Waals surface area (Å²) >= 11 is 0. The zero-order chi connectivity index (χ0) is 12.3. The van der Waals surface area contributed by atoms with Crippen LogP contribution in [0.15, 0.2) is 0 Å². The van der Waals surface area contributed by atoms with Crippen molar-refractivity contribution in [1.82, 2.24) is 9.80 Å². The van der Waals surface area contributed by atoms with Crippen LogP contribution in [0.25, 0.3) is 0 Å². The van der Waals surface area contributed by atoms with Crippen LogP contribution in [0.2, 0.25) is 0 Å². The minimum atomic E-state index is -0.570. The Morgan fingerprint density at radius 1 is 1.12 bits per heavy atom. The van der Waals surface area contributed by atoms with Crippen LogP contribution < -0.4 is 0 Å². The lowest BCUT2D eigenvalue weighted by molar-refractivity contribution is 0.0886. The smallest absolute Gasteiger partial charge is 0.113 e. The molecule has 2 heterocycles. The fraction of sp³-hybridized carbons (Fsp3) is 1.00. The van der Waals surface area contributed by atoms with Gasteiger partial charge in [-0.05, 0) is 65.1 Å². The van der Waals surface area contributed by atoms with Crippen LogP contribution in [-0.4, -0.2) is 54.7 Å². The molecule has 0 spiro atoms. The van der Waals surface area contributed by atoms with Gasteiger partial charge in [0.25, 0.3) is 0 Å². The summed E-state index contributed by atoms with van der Waals surface area (Å²) in [5, 5.41) is 0. The zero-order valence-electron chi connectivity index (χ0n) is 11.4. The lowest BCUT2D eigenvalue weighted by atomic mass is 9.94. The Bertz CT molecular complexity index is 224. The third kappa shape index (κ3) is 3.92. The summed E-state index contributed by atoms with van der Waals surface area (Å²) in [6.07, 6.45) is 3.85. The number of alkyl halides is 1. The van der Waals surface area contributed by atoms with Crippen molar-refractivity contribution in [3.8, 4) is 0 Å². The summed E-state index contributed by atoms with van der Waals surface area (Å²) < 4.78 is 13.3. The highest BCUT2D eigenvalue weighted by molar-refractivity contribution is 4.79. The summed E-state index contributed by atoms with van der Waals surface area (Å²) in [6, 6.07) is 0.682. The van der Waals surface area contributed by atoms with Gasteiger partial charge in [-0.15, -0.1) is 0 Å². The maximum absolute atomic E-state index is 13.3. The van der Waals surface area contributed by atoms with Gasteiger partial charge in [0.2, 0.25) is 0 Å². The first-order valence-electron chi connectivity index (χ1n) is 7.25. The third-order valence-corrected chi connectivity index (χ3v) is 4.34. The second-order valence-electron chi connectivity index (χ2n) is 6.07. The summed E-state index contributed by atoms with van der Waals surface area (Å²) in [5.74, 6) is 0.801. The molecule has 0 aliphatic carbocycles. The number of nitrogens with zero attached hydrogens (tertiary/aromatic N) is 2. The molecule has 2 aliphatic rings. The van der Waals surface area contributed by atoms with Crippen LogP contribution in [0.5, 0.6) is 0 Å². The molecule has 2 aliphatic heterocycles. The predicted octanol–water partition coefficient (Wildman–Crippen LogP) is 2.54. The molecule has 0 bridgehead atoms. The average molecular weight is 242 g/mol. The molecule has 2 rings (SSSR count). The fourth-order valence-corrected chi connectivity index (χ4v) is 3.18. The minimum absolute atomic E-state index is 0.570. The van der Waals surface area contributed by atoms with E-state index in [1.165, 1.54) is 25.9 Å². The minimum Gasteiger partial charge on any atom is -0.301 e. The molecule has 1 unspecified atom stereocenters. The van der Waals surface area contributed by atoms with Crippen molar-refractivity contribution in [3.63, 3.8) is 0 Å². The monoisotopic (exact) mass is 242 g/mol. The van der Waals surface area contributed by atoms with Crippen LogP contribution >= 0.6 is 0 Å². The molecule has 1 atom stereocenters. The predicted molar refractivity (Wildman–Crippen MR) is 70.0 cm³/mol. The first-order valence-corrected chi connectivity index (χ1v) is 7.25. The van der Waals surface area contributed by atoms with E-state index in [0.717, 1.165) is 31.8 Å². The van der Waals surface area contributed by atoms with Crippen molar-refractivity contribution in [2.45, 2.75) is 51.7 Å². The van der Waals surface area contributed by atoms with Crippen molar-refractivity contribution in [2.24, 2.45) is 5.92 Å². The molecule has 17 heavy (non-hydrogen) atoms. The van der Waals surface area contributed by atoms with Gasteiger partial charge in [0.1, 0.15) is 6.17 Å².